The molecule has 1 heterocycles. The van der Waals surface area contributed by atoms with Crippen molar-refractivity contribution in [2.45, 2.75) is 19.8 Å². The first-order valence-electron chi connectivity index (χ1n) is 6.40. The summed E-state index contributed by atoms with van der Waals surface area (Å²) >= 11 is 5.77. The molecular weight excluding hydrogens is 292 g/mol. The normalized spacial score (nSPS) is 11.0. The maximum absolute atomic E-state index is 11.6. The molecule has 0 radical (unpaired) electrons. The second kappa shape index (κ2) is 6.90. The van der Waals surface area contributed by atoms with E-state index in [1.807, 2.05) is 0 Å². The number of H-pyrrole nitrogens is 2. The molecule has 0 atom stereocenters. The lowest BCUT2D eigenvalue weighted by molar-refractivity contribution is -0.121. The van der Waals surface area contributed by atoms with Gasteiger partial charge in [0.1, 0.15) is 0 Å². The highest BCUT2D eigenvalue weighted by molar-refractivity contribution is 6.30. The number of hydrogen-bond donors (Lipinski definition) is 3. The molecule has 0 aliphatic carbocycles. The minimum absolute atomic E-state index is 0.190. The molecule has 0 saturated heterocycles. The molecule has 0 spiro atoms. The van der Waals surface area contributed by atoms with E-state index in [0.29, 0.717) is 17.0 Å². The molecule has 2 aromatic rings. The number of hydrazone groups is 1. The number of aryl methyl sites for hydroxylation is 1. The van der Waals surface area contributed by atoms with Gasteiger partial charge in [-0.05, 0) is 31.0 Å². The maximum Gasteiger partial charge on any atom is 0.267 e. The first-order valence-corrected chi connectivity index (χ1v) is 6.77. The number of hydrogen-bond acceptors (Lipinski definition) is 3. The van der Waals surface area contributed by atoms with Gasteiger partial charge < -0.3 is 5.10 Å². The topological polar surface area (TPSA) is 90.1 Å². The lowest BCUT2D eigenvalue weighted by atomic mass is 10.1. The van der Waals surface area contributed by atoms with Gasteiger partial charge >= 0.3 is 0 Å². The Bertz CT molecular complexity index is 701. The van der Waals surface area contributed by atoms with Crippen molar-refractivity contribution in [1.82, 2.24) is 15.6 Å². The Hall–Kier alpha value is -2.34. The fourth-order valence-corrected chi connectivity index (χ4v) is 1.92. The zero-order chi connectivity index (χ0) is 15.2. The third kappa shape index (κ3) is 4.32. The standard InChI is InChI=1S/C14H15ClN4O2/c1-9-12(14(21)19-17-9)6-7-13(20)18-16-8-10-2-4-11(15)5-3-10/h2-5,8H,6-7H2,1H3,(H,18,20)(H2,17,19,21)/b16-8+. The molecule has 6 nitrogen and oxygen atoms in total. The first kappa shape index (κ1) is 15.1. The predicted molar refractivity (Wildman–Crippen MR) is 81.7 cm³/mol. The smallest absolute Gasteiger partial charge is 0.267 e. The quantitative estimate of drug-likeness (QED) is 0.580. The number of rotatable bonds is 5. The monoisotopic (exact) mass is 306 g/mol. The predicted octanol–water partition coefficient (Wildman–Crippen LogP) is 1.75. The van der Waals surface area contributed by atoms with Crippen LogP contribution in [0.15, 0.2) is 34.2 Å². The van der Waals surface area contributed by atoms with Crippen molar-refractivity contribution in [2.75, 3.05) is 0 Å². The summed E-state index contributed by atoms with van der Waals surface area (Å²) in [7, 11) is 0. The summed E-state index contributed by atoms with van der Waals surface area (Å²) in [4.78, 5) is 23.1. The molecule has 2 rings (SSSR count). The fraction of sp³-hybridized carbons (Fsp3) is 0.214. The molecule has 21 heavy (non-hydrogen) atoms. The molecule has 1 aromatic heterocycles. The Labute approximate surface area is 126 Å². The van der Waals surface area contributed by atoms with Gasteiger partial charge in [-0.1, -0.05) is 23.7 Å². The van der Waals surface area contributed by atoms with E-state index < -0.39 is 0 Å². The minimum atomic E-state index is -0.250. The van der Waals surface area contributed by atoms with Crippen molar-refractivity contribution in [3.05, 3.63) is 56.5 Å². The SMILES string of the molecule is Cc1[nH][nH]c(=O)c1CCC(=O)N/N=C/c1ccc(Cl)cc1. The van der Waals surface area contributed by atoms with Crippen molar-refractivity contribution < 1.29 is 4.79 Å². The second-order valence-electron chi connectivity index (χ2n) is 4.53. The third-order valence-corrected chi connectivity index (χ3v) is 3.22. The molecule has 0 saturated carbocycles. The van der Waals surface area contributed by atoms with Gasteiger partial charge in [0, 0.05) is 22.7 Å². The van der Waals surface area contributed by atoms with Gasteiger partial charge in [-0.3, -0.25) is 14.7 Å². The molecule has 1 aromatic carbocycles. The fourth-order valence-electron chi connectivity index (χ4n) is 1.79. The highest BCUT2D eigenvalue weighted by atomic mass is 35.5. The van der Waals surface area contributed by atoms with Crippen molar-refractivity contribution in [3.8, 4) is 0 Å². The van der Waals surface area contributed by atoms with Crippen molar-refractivity contribution >= 4 is 23.7 Å². The van der Waals surface area contributed by atoms with E-state index >= 15 is 0 Å². The molecule has 0 aliphatic heterocycles. The van der Waals surface area contributed by atoms with E-state index in [4.69, 9.17) is 11.6 Å². The number of aromatic amines is 2. The van der Waals surface area contributed by atoms with Gasteiger partial charge in [0.05, 0.1) is 6.21 Å². The van der Waals surface area contributed by atoms with Crippen LogP contribution in [0.3, 0.4) is 0 Å². The van der Waals surface area contributed by atoms with Crippen LogP contribution in [0.1, 0.15) is 23.2 Å². The van der Waals surface area contributed by atoms with E-state index in [1.54, 1.807) is 31.2 Å². The largest absolute Gasteiger partial charge is 0.302 e. The summed E-state index contributed by atoms with van der Waals surface area (Å²) < 4.78 is 0. The average molecular weight is 307 g/mol. The van der Waals surface area contributed by atoms with Gasteiger partial charge in [-0.15, -0.1) is 0 Å². The van der Waals surface area contributed by atoms with Crippen LogP contribution >= 0.6 is 11.6 Å². The summed E-state index contributed by atoms with van der Waals surface area (Å²) in [5.41, 5.74) is 4.40. The third-order valence-electron chi connectivity index (χ3n) is 2.97. The lowest BCUT2D eigenvalue weighted by Gasteiger charge is -1.99. The highest BCUT2D eigenvalue weighted by Crippen LogP contribution is 2.07. The maximum atomic E-state index is 11.6. The number of carbonyl (C=O) groups is 1. The molecule has 0 unspecified atom stereocenters. The Morgan fingerprint density at radius 3 is 2.67 bits per heavy atom. The molecule has 0 fully saturated rings. The van der Waals surface area contributed by atoms with Crippen LogP contribution in [0.5, 0.6) is 0 Å². The van der Waals surface area contributed by atoms with E-state index in [9.17, 15) is 9.59 Å². The zero-order valence-electron chi connectivity index (χ0n) is 11.4. The van der Waals surface area contributed by atoms with Gasteiger partial charge in [0.15, 0.2) is 0 Å². The summed E-state index contributed by atoms with van der Waals surface area (Å²) in [6.45, 7) is 1.78. The number of amides is 1. The number of carbonyl (C=O) groups excluding carboxylic acids is 1. The average Bonchev–Trinajstić information content (AvgIpc) is 2.78. The first-order chi connectivity index (χ1) is 10.1. The number of benzene rings is 1. The number of halogens is 1. The van der Waals surface area contributed by atoms with Gasteiger partial charge in [0.2, 0.25) is 5.91 Å². The number of aromatic nitrogens is 2. The van der Waals surface area contributed by atoms with E-state index in [0.717, 1.165) is 11.3 Å². The summed E-state index contributed by atoms with van der Waals surface area (Å²) in [5, 5.41) is 9.69. The Balaban J connectivity index is 1.82. The molecule has 1 amide bonds. The van der Waals surface area contributed by atoms with Crippen LogP contribution in [-0.4, -0.2) is 22.3 Å². The van der Waals surface area contributed by atoms with Crippen LogP contribution in [0.2, 0.25) is 5.02 Å². The molecule has 110 valence electrons. The van der Waals surface area contributed by atoms with Crippen LogP contribution in [0.25, 0.3) is 0 Å². The minimum Gasteiger partial charge on any atom is -0.302 e. The lowest BCUT2D eigenvalue weighted by Crippen LogP contribution is -2.19. The van der Waals surface area contributed by atoms with E-state index in [1.165, 1.54) is 6.21 Å². The number of nitrogens with one attached hydrogen (secondary N) is 3. The van der Waals surface area contributed by atoms with E-state index in [-0.39, 0.29) is 17.9 Å². The molecule has 3 N–H and O–H groups in total. The Kier molecular flexibility index (Phi) is 4.94. The second-order valence-corrected chi connectivity index (χ2v) is 4.96. The summed E-state index contributed by atoms with van der Waals surface area (Å²) in [5.74, 6) is -0.250. The van der Waals surface area contributed by atoms with Crippen molar-refractivity contribution in [1.29, 1.82) is 0 Å². The van der Waals surface area contributed by atoms with Crippen LogP contribution < -0.4 is 11.0 Å². The van der Waals surface area contributed by atoms with Crippen LogP contribution in [-0.2, 0) is 11.2 Å². The van der Waals surface area contributed by atoms with Crippen LogP contribution in [0.4, 0.5) is 0 Å². The zero-order valence-corrected chi connectivity index (χ0v) is 12.2. The number of nitrogens with zero attached hydrogens (tertiary/aromatic N) is 1. The highest BCUT2D eigenvalue weighted by Gasteiger charge is 2.08. The van der Waals surface area contributed by atoms with Gasteiger partial charge in [-0.2, -0.15) is 5.10 Å². The van der Waals surface area contributed by atoms with Gasteiger partial charge in [-0.25, -0.2) is 5.43 Å². The Morgan fingerprint density at radius 2 is 2.05 bits per heavy atom. The molecule has 0 aliphatic rings. The van der Waals surface area contributed by atoms with Crippen molar-refractivity contribution in [3.63, 3.8) is 0 Å². The summed E-state index contributed by atoms with van der Waals surface area (Å²) in [6, 6.07) is 7.07. The van der Waals surface area contributed by atoms with Crippen molar-refractivity contribution in [2.24, 2.45) is 5.10 Å². The molecule has 0 bridgehead atoms. The summed E-state index contributed by atoms with van der Waals surface area (Å²) in [6.07, 6.45) is 2.09. The molecular formula is C14H15ClN4O2. The molecule has 7 heteroatoms. The van der Waals surface area contributed by atoms with E-state index in [2.05, 4.69) is 20.7 Å². The Morgan fingerprint density at radius 1 is 1.33 bits per heavy atom. The van der Waals surface area contributed by atoms with Gasteiger partial charge in [0.25, 0.3) is 5.56 Å². The van der Waals surface area contributed by atoms with Crippen LogP contribution in [0, 0.1) is 6.92 Å².